The van der Waals surface area contributed by atoms with Gasteiger partial charge in [-0.05, 0) is 30.7 Å². The Morgan fingerprint density at radius 2 is 2.08 bits per heavy atom. The molecule has 3 atom stereocenters. The van der Waals surface area contributed by atoms with E-state index >= 15 is 0 Å². The zero-order valence-electron chi connectivity index (χ0n) is 14.9. The molecule has 140 valence electrons. The molecule has 0 bridgehead atoms. The van der Waals surface area contributed by atoms with Crippen molar-refractivity contribution >= 4 is 53.3 Å². The van der Waals surface area contributed by atoms with Crippen LogP contribution < -0.4 is 10.6 Å². The molecule has 1 saturated carbocycles. The van der Waals surface area contributed by atoms with E-state index in [1.807, 2.05) is 30.9 Å². The molecule has 3 unspecified atom stereocenters. The Morgan fingerprint density at radius 1 is 1.36 bits per heavy atom. The average Bonchev–Trinajstić information content (AvgIpc) is 3.03. The number of rotatable bonds is 5. The highest BCUT2D eigenvalue weighted by molar-refractivity contribution is 14.0. The SMILES string of the molecule is CN=C(NCCSc1ccc(Cl)cc1)NC1C2CCOC2C1(C)C.I. The fraction of sp³-hybridized carbons (Fsp3) is 0.611. The molecule has 1 heterocycles. The molecule has 1 saturated heterocycles. The molecule has 2 N–H and O–H groups in total. The molecule has 4 nitrogen and oxygen atoms in total. The largest absolute Gasteiger partial charge is 0.377 e. The minimum absolute atomic E-state index is 0. The zero-order chi connectivity index (χ0) is 17.2. The Morgan fingerprint density at radius 3 is 2.76 bits per heavy atom. The number of ether oxygens (including phenoxy) is 1. The summed E-state index contributed by atoms with van der Waals surface area (Å²) >= 11 is 7.72. The third-order valence-electron chi connectivity index (χ3n) is 5.09. The van der Waals surface area contributed by atoms with E-state index in [1.54, 1.807) is 0 Å². The van der Waals surface area contributed by atoms with Crippen molar-refractivity contribution in [2.24, 2.45) is 16.3 Å². The first-order valence-electron chi connectivity index (χ1n) is 8.49. The van der Waals surface area contributed by atoms with Crippen LogP contribution in [-0.2, 0) is 4.74 Å². The van der Waals surface area contributed by atoms with Crippen LogP contribution >= 0.6 is 47.3 Å². The number of hydrogen-bond donors (Lipinski definition) is 2. The van der Waals surface area contributed by atoms with E-state index in [0.717, 1.165) is 36.3 Å². The summed E-state index contributed by atoms with van der Waals surface area (Å²) in [5.74, 6) is 2.48. The second-order valence-electron chi connectivity index (χ2n) is 6.99. The molecular formula is C18H27ClIN3OS. The maximum Gasteiger partial charge on any atom is 0.191 e. The third-order valence-corrected chi connectivity index (χ3v) is 6.36. The monoisotopic (exact) mass is 495 g/mol. The molecule has 2 fully saturated rings. The lowest BCUT2D eigenvalue weighted by atomic mass is 9.57. The fourth-order valence-electron chi connectivity index (χ4n) is 3.83. The number of nitrogens with one attached hydrogen (secondary N) is 2. The molecule has 3 rings (SSSR count). The molecule has 1 aliphatic carbocycles. The molecule has 1 aromatic rings. The summed E-state index contributed by atoms with van der Waals surface area (Å²) in [5.41, 5.74) is 0.164. The van der Waals surface area contributed by atoms with Crippen LogP contribution in [0.1, 0.15) is 20.3 Å². The standard InChI is InChI=1S/C18H26ClN3OS.HI/c1-18(2)15(14-8-10-23-16(14)18)22-17(20-3)21-9-11-24-13-6-4-12(19)5-7-13;/h4-7,14-16H,8-11H2,1-3H3,(H2,20,21,22);1H. The van der Waals surface area contributed by atoms with Gasteiger partial charge in [0.1, 0.15) is 0 Å². The van der Waals surface area contributed by atoms with Gasteiger partial charge in [0.2, 0.25) is 0 Å². The first-order valence-corrected chi connectivity index (χ1v) is 9.86. The van der Waals surface area contributed by atoms with Crippen LogP contribution in [0, 0.1) is 11.3 Å². The number of thioether (sulfide) groups is 1. The Balaban J connectivity index is 0.00000225. The van der Waals surface area contributed by atoms with Crippen molar-refractivity contribution in [1.29, 1.82) is 0 Å². The summed E-state index contributed by atoms with van der Waals surface area (Å²) in [6.07, 6.45) is 1.54. The Labute approximate surface area is 176 Å². The lowest BCUT2D eigenvalue weighted by Crippen LogP contribution is -2.68. The van der Waals surface area contributed by atoms with Crippen LogP contribution in [0.5, 0.6) is 0 Å². The number of aliphatic imine (C=N–C) groups is 1. The van der Waals surface area contributed by atoms with E-state index in [-0.39, 0.29) is 29.4 Å². The molecule has 0 radical (unpaired) electrons. The molecule has 0 aromatic heterocycles. The van der Waals surface area contributed by atoms with Gasteiger partial charge in [-0.25, -0.2) is 0 Å². The Bertz CT molecular complexity index is 596. The highest BCUT2D eigenvalue weighted by Crippen LogP contribution is 2.52. The van der Waals surface area contributed by atoms with E-state index in [4.69, 9.17) is 16.3 Å². The topological polar surface area (TPSA) is 45.7 Å². The van der Waals surface area contributed by atoms with Crippen LogP contribution in [0.4, 0.5) is 0 Å². The van der Waals surface area contributed by atoms with Gasteiger partial charge in [0, 0.05) is 53.2 Å². The summed E-state index contributed by atoms with van der Waals surface area (Å²) in [6, 6.07) is 8.39. The lowest BCUT2D eigenvalue weighted by molar-refractivity contribution is -0.106. The quantitative estimate of drug-likeness (QED) is 0.213. The fourth-order valence-corrected chi connectivity index (χ4v) is 4.72. The van der Waals surface area contributed by atoms with Gasteiger partial charge < -0.3 is 15.4 Å². The Hall–Kier alpha value is -0.180. The number of fused-ring (bicyclic) bond motifs is 1. The van der Waals surface area contributed by atoms with E-state index in [9.17, 15) is 0 Å². The molecule has 1 aliphatic heterocycles. The van der Waals surface area contributed by atoms with Crippen LogP contribution in [0.2, 0.25) is 5.02 Å². The van der Waals surface area contributed by atoms with Crippen molar-refractivity contribution in [3.63, 3.8) is 0 Å². The summed E-state index contributed by atoms with van der Waals surface area (Å²) < 4.78 is 5.86. The summed E-state index contributed by atoms with van der Waals surface area (Å²) in [6.45, 7) is 6.31. The summed E-state index contributed by atoms with van der Waals surface area (Å²) in [5, 5.41) is 7.80. The number of nitrogens with zero attached hydrogens (tertiary/aromatic N) is 1. The van der Waals surface area contributed by atoms with Gasteiger partial charge in [0.25, 0.3) is 0 Å². The van der Waals surface area contributed by atoms with Gasteiger partial charge >= 0.3 is 0 Å². The molecule has 7 heteroatoms. The molecule has 1 aromatic carbocycles. The average molecular weight is 496 g/mol. The van der Waals surface area contributed by atoms with Crippen molar-refractivity contribution in [2.75, 3.05) is 26.0 Å². The first-order chi connectivity index (χ1) is 11.5. The molecule has 25 heavy (non-hydrogen) atoms. The molecule has 0 spiro atoms. The van der Waals surface area contributed by atoms with Gasteiger partial charge in [-0.15, -0.1) is 35.7 Å². The first kappa shape index (κ1) is 21.1. The predicted molar refractivity (Wildman–Crippen MR) is 118 cm³/mol. The lowest BCUT2D eigenvalue weighted by Gasteiger charge is -2.54. The van der Waals surface area contributed by atoms with E-state index in [0.29, 0.717) is 18.1 Å². The van der Waals surface area contributed by atoms with Gasteiger partial charge in [-0.3, -0.25) is 4.99 Å². The van der Waals surface area contributed by atoms with Crippen molar-refractivity contribution < 1.29 is 4.74 Å². The van der Waals surface area contributed by atoms with Crippen molar-refractivity contribution in [2.45, 2.75) is 37.3 Å². The third kappa shape index (κ3) is 4.76. The summed E-state index contributed by atoms with van der Waals surface area (Å²) in [7, 11) is 1.83. The molecule has 0 amide bonds. The number of benzene rings is 1. The zero-order valence-corrected chi connectivity index (χ0v) is 18.8. The second kappa shape index (κ2) is 9.15. The minimum Gasteiger partial charge on any atom is -0.377 e. The number of guanidine groups is 1. The van der Waals surface area contributed by atoms with Crippen molar-refractivity contribution in [1.82, 2.24) is 10.6 Å². The van der Waals surface area contributed by atoms with E-state index in [2.05, 4.69) is 41.6 Å². The molecule has 2 aliphatic rings. The summed E-state index contributed by atoms with van der Waals surface area (Å²) in [4.78, 5) is 5.60. The van der Waals surface area contributed by atoms with Crippen molar-refractivity contribution in [3.8, 4) is 0 Å². The van der Waals surface area contributed by atoms with E-state index < -0.39 is 0 Å². The minimum atomic E-state index is 0. The normalized spacial score (nSPS) is 27.0. The van der Waals surface area contributed by atoms with Crippen LogP contribution in [0.3, 0.4) is 0 Å². The van der Waals surface area contributed by atoms with Crippen LogP contribution in [0.25, 0.3) is 0 Å². The highest BCUT2D eigenvalue weighted by atomic mass is 127. The highest BCUT2D eigenvalue weighted by Gasteiger charge is 2.59. The van der Waals surface area contributed by atoms with Gasteiger partial charge in [0.05, 0.1) is 6.10 Å². The second-order valence-corrected chi connectivity index (χ2v) is 8.59. The smallest absolute Gasteiger partial charge is 0.191 e. The van der Waals surface area contributed by atoms with Gasteiger partial charge in [0.15, 0.2) is 5.96 Å². The maximum absolute atomic E-state index is 5.91. The predicted octanol–water partition coefficient (Wildman–Crippen LogP) is 4.03. The van der Waals surface area contributed by atoms with Crippen LogP contribution in [0.15, 0.2) is 34.2 Å². The van der Waals surface area contributed by atoms with Gasteiger partial charge in [-0.2, -0.15) is 0 Å². The number of halogens is 2. The van der Waals surface area contributed by atoms with Crippen LogP contribution in [-0.4, -0.2) is 44.1 Å². The van der Waals surface area contributed by atoms with Crippen molar-refractivity contribution in [3.05, 3.63) is 29.3 Å². The molecular weight excluding hydrogens is 469 g/mol. The number of hydrogen-bond acceptors (Lipinski definition) is 3. The maximum atomic E-state index is 5.91. The Kier molecular flexibility index (Phi) is 7.73. The van der Waals surface area contributed by atoms with Gasteiger partial charge in [-0.1, -0.05) is 25.4 Å². The van der Waals surface area contributed by atoms with E-state index in [1.165, 1.54) is 4.90 Å².